The lowest BCUT2D eigenvalue weighted by Gasteiger charge is -1.99. The maximum absolute atomic E-state index is 9.63. The summed E-state index contributed by atoms with van der Waals surface area (Å²) in [6.07, 6.45) is 3.57. The molecule has 0 atom stereocenters. The summed E-state index contributed by atoms with van der Waals surface area (Å²) in [6, 6.07) is 15.5. The van der Waals surface area contributed by atoms with Crippen LogP contribution in [-0.4, -0.2) is 5.11 Å². The zero-order valence-electron chi connectivity index (χ0n) is 11.2. The van der Waals surface area contributed by atoms with Gasteiger partial charge < -0.3 is 5.11 Å². The molecule has 1 heteroatoms. The predicted molar refractivity (Wildman–Crippen MR) is 79.1 cm³/mol. The van der Waals surface area contributed by atoms with Crippen molar-refractivity contribution in [3.8, 4) is 17.6 Å². The molecule has 0 aliphatic rings. The lowest BCUT2D eigenvalue weighted by atomic mass is 10.1. The molecule has 0 aliphatic carbocycles. The van der Waals surface area contributed by atoms with Crippen LogP contribution in [0.4, 0.5) is 0 Å². The monoisotopic (exact) mass is 250 g/mol. The molecule has 0 fully saturated rings. The van der Waals surface area contributed by atoms with E-state index < -0.39 is 0 Å². The number of phenols is 1. The van der Waals surface area contributed by atoms with Crippen LogP contribution in [0.2, 0.25) is 0 Å². The second kappa shape index (κ2) is 6.66. The van der Waals surface area contributed by atoms with E-state index in [1.54, 1.807) is 12.1 Å². The molecule has 96 valence electrons. The van der Waals surface area contributed by atoms with Gasteiger partial charge in [-0.1, -0.05) is 49.5 Å². The zero-order chi connectivity index (χ0) is 13.5. The average Bonchev–Trinajstić information content (AvgIpc) is 2.45. The first-order valence-corrected chi connectivity index (χ1v) is 6.68. The summed E-state index contributed by atoms with van der Waals surface area (Å²) in [5, 5.41) is 9.63. The second-order valence-corrected chi connectivity index (χ2v) is 4.57. The minimum Gasteiger partial charge on any atom is -0.507 e. The second-order valence-electron chi connectivity index (χ2n) is 4.57. The smallest absolute Gasteiger partial charge is 0.131 e. The molecule has 0 amide bonds. The zero-order valence-corrected chi connectivity index (χ0v) is 11.2. The van der Waals surface area contributed by atoms with Crippen molar-refractivity contribution in [2.45, 2.75) is 26.2 Å². The Morgan fingerprint density at radius 1 is 0.947 bits per heavy atom. The Balaban J connectivity index is 2.10. The van der Waals surface area contributed by atoms with Crippen molar-refractivity contribution < 1.29 is 5.11 Å². The summed E-state index contributed by atoms with van der Waals surface area (Å²) in [5.74, 6) is 6.30. The lowest BCUT2D eigenvalue weighted by molar-refractivity contribution is 0.473. The van der Waals surface area contributed by atoms with Gasteiger partial charge in [0, 0.05) is 5.56 Å². The molecule has 0 saturated heterocycles. The van der Waals surface area contributed by atoms with Gasteiger partial charge in [-0.15, -0.1) is 0 Å². The van der Waals surface area contributed by atoms with E-state index in [0.717, 1.165) is 12.0 Å². The molecular weight excluding hydrogens is 232 g/mol. The number of phenolic OH excluding ortho intramolecular Hbond substituents is 1. The van der Waals surface area contributed by atoms with Gasteiger partial charge in [-0.05, 0) is 42.7 Å². The molecule has 0 heterocycles. The third-order valence-corrected chi connectivity index (χ3v) is 3.02. The number of rotatable bonds is 3. The summed E-state index contributed by atoms with van der Waals surface area (Å²) in [5.41, 5.74) is 3.00. The summed E-state index contributed by atoms with van der Waals surface area (Å²) in [4.78, 5) is 0. The van der Waals surface area contributed by atoms with Crippen LogP contribution in [0.15, 0.2) is 48.5 Å². The maximum Gasteiger partial charge on any atom is 0.131 e. The Labute approximate surface area is 114 Å². The average molecular weight is 250 g/mol. The van der Waals surface area contributed by atoms with Crippen LogP contribution in [-0.2, 0) is 6.42 Å². The van der Waals surface area contributed by atoms with E-state index in [0.29, 0.717) is 5.56 Å². The topological polar surface area (TPSA) is 20.2 Å². The van der Waals surface area contributed by atoms with Gasteiger partial charge in [-0.2, -0.15) is 0 Å². The number of benzene rings is 2. The molecule has 0 aliphatic heterocycles. The molecule has 2 aromatic rings. The summed E-state index contributed by atoms with van der Waals surface area (Å²) >= 11 is 0. The number of aryl methyl sites for hydroxylation is 1. The molecule has 1 N–H and O–H groups in total. The van der Waals surface area contributed by atoms with Crippen LogP contribution in [0.1, 0.15) is 36.5 Å². The number of unbranched alkanes of at least 4 members (excludes halogenated alkanes) is 1. The minimum absolute atomic E-state index is 0.231. The van der Waals surface area contributed by atoms with E-state index in [1.807, 2.05) is 24.3 Å². The summed E-state index contributed by atoms with van der Waals surface area (Å²) < 4.78 is 0. The van der Waals surface area contributed by atoms with Gasteiger partial charge in [-0.3, -0.25) is 0 Å². The van der Waals surface area contributed by atoms with Crippen LogP contribution >= 0.6 is 0 Å². The minimum atomic E-state index is 0.231. The van der Waals surface area contributed by atoms with Gasteiger partial charge in [0.05, 0.1) is 5.56 Å². The van der Waals surface area contributed by atoms with Crippen molar-refractivity contribution in [1.82, 2.24) is 0 Å². The quantitative estimate of drug-likeness (QED) is 0.812. The maximum atomic E-state index is 9.63. The van der Waals surface area contributed by atoms with Gasteiger partial charge in [0.15, 0.2) is 0 Å². The van der Waals surface area contributed by atoms with Crippen LogP contribution in [0, 0.1) is 11.8 Å². The Morgan fingerprint density at radius 2 is 1.68 bits per heavy atom. The third-order valence-electron chi connectivity index (χ3n) is 3.02. The van der Waals surface area contributed by atoms with Gasteiger partial charge >= 0.3 is 0 Å². The molecule has 1 nitrogen and oxygen atoms in total. The number of hydrogen-bond donors (Lipinski definition) is 1. The van der Waals surface area contributed by atoms with E-state index >= 15 is 0 Å². The van der Waals surface area contributed by atoms with E-state index in [-0.39, 0.29) is 5.75 Å². The van der Waals surface area contributed by atoms with Crippen LogP contribution in [0.25, 0.3) is 0 Å². The first-order valence-electron chi connectivity index (χ1n) is 6.68. The number of hydrogen-bond acceptors (Lipinski definition) is 1. The van der Waals surface area contributed by atoms with Crippen molar-refractivity contribution in [2.24, 2.45) is 0 Å². The molecule has 0 bridgehead atoms. The van der Waals surface area contributed by atoms with Crippen molar-refractivity contribution in [3.63, 3.8) is 0 Å². The normalized spacial score (nSPS) is 9.74. The molecule has 19 heavy (non-hydrogen) atoms. The summed E-state index contributed by atoms with van der Waals surface area (Å²) in [7, 11) is 0. The molecule has 0 unspecified atom stereocenters. The largest absolute Gasteiger partial charge is 0.507 e. The Hall–Kier alpha value is -2.20. The van der Waals surface area contributed by atoms with Crippen LogP contribution in [0.3, 0.4) is 0 Å². The van der Waals surface area contributed by atoms with E-state index in [1.165, 1.54) is 18.4 Å². The predicted octanol–water partition coefficient (Wildman–Crippen LogP) is 4.13. The lowest BCUT2D eigenvalue weighted by Crippen LogP contribution is -1.84. The van der Waals surface area contributed by atoms with Crippen molar-refractivity contribution in [1.29, 1.82) is 0 Å². The van der Waals surface area contributed by atoms with Crippen molar-refractivity contribution >= 4 is 0 Å². The highest BCUT2D eigenvalue weighted by Gasteiger charge is 1.95. The number of para-hydroxylation sites is 1. The van der Waals surface area contributed by atoms with Crippen molar-refractivity contribution in [2.75, 3.05) is 0 Å². The number of aromatic hydroxyl groups is 1. The Morgan fingerprint density at radius 3 is 2.37 bits per heavy atom. The Bertz CT molecular complexity index is 585. The first-order chi connectivity index (χ1) is 9.29. The fourth-order valence-electron chi connectivity index (χ4n) is 1.85. The molecule has 2 aromatic carbocycles. The SMILES string of the molecule is CCCCc1ccc(C#Cc2ccccc2O)cc1. The first kappa shape index (κ1) is 13.2. The van der Waals surface area contributed by atoms with Gasteiger partial charge in [-0.25, -0.2) is 0 Å². The fourth-order valence-corrected chi connectivity index (χ4v) is 1.85. The standard InChI is InChI=1S/C18H18O/c1-2-3-6-15-9-11-16(12-10-15)13-14-17-7-4-5-8-18(17)19/h4-5,7-12,19H,2-3,6H2,1H3. The van der Waals surface area contributed by atoms with Gasteiger partial charge in [0.1, 0.15) is 5.75 Å². The van der Waals surface area contributed by atoms with Crippen LogP contribution in [0.5, 0.6) is 5.75 Å². The highest BCUT2D eigenvalue weighted by Crippen LogP contribution is 2.14. The highest BCUT2D eigenvalue weighted by atomic mass is 16.3. The third kappa shape index (κ3) is 3.89. The van der Waals surface area contributed by atoms with E-state index in [4.69, 9.17) is 0 Å². The molecule has 0 aromatic heterocycles. The van der Waals surface area contributed by atoms with Gasteiger partial charge in [0.25, 0.3) is 0 Å². The van der Waals surface area contributed by atoms with Crippen LogP contribution < -0.4 is 0 Å². The molecule has 0 radical (unpaired) electrons. The van der Waals surface area contributed by atoms with Crippen molar-refractivity contribution in [3.05, 3.63) is 65.2 Å². The summed E-state index contributed by atoms with van der Waals surface area (Å²) in [6.45, 7) is 2.20. The molecule has 2 rings (SSSR count). The Kier molecular flexibility index (Phi) is 4.64. The van der Waals surface area contributed by atoms with E-state index in [2.05, 4.69) is 30.9 Å². The van der Waals surface area contributed by atoms with E-state index in [9.17, 15) is 5.11 Å². The fraction of sp³-hybridized carbons (Fsp3) is 0.222. The van der Waals surface area contributed by atoms with Gasteiger partial charge in [0.2, 0.25) is 0 Å². The molecule has 0 saturated carbocycles. The molecular formula is C18H18O. The highest BCUT2D eigenvalue weighted by molar-refractivity contribution is 5.49. The molecule has 0 spiro atoms.